The Bertz CT molecular complexity index is 819. The van der Waals surface area contributed by atoms with E-state index in [1.54, 1.807) is 0 Å². The molecule has 1 saturated heterocycles. The number of aromatic nitrogens is 2. The van der Waals surface area contributed by atoms with Crippen molar-refractivity contribution in [2.75, 3.05) is 18.5 Å². The van der Waals surface area contributed by atoms with Crippen molar-refractivity contribution in [1.82, 2.24) is 14.7 Å². The summed E-state index contributed by atoms with van der Waals surface area (Å²) >= 11 is 0. The van der Waals surface area contributed by atoms with Gasteiger partial charge >= 0.3 is 0 Å². The summed E-state index contributed by atoms with van der Waals surface area (Å²) in [6.07, 6.45) is 5.98. The Morgan fingerprint density at radius 1 is 1.24 bits per heavy atom. The number of sulfonamides is 1. The fourth-order valence-corrected chi connectivity index (χ4v) is 3.49. The molecule has 1 atom stereocenters. The van der Waals surface area contributed by atoms with Gasteiger partial charge in [-0.2, -0.15) is 0 Å². The van der Waals surface area contributed by atoms with Crippen molar-refractivity contribution in [2.45, 2.75) is 23.8 Å². The van der Waals surface area contributed by atoms with Gasteiger partial charge in [0.25, 0.3) is 5.91 Å². The molecule has 1 aromatic carbocycles. The highest BCUT2D eigenvalue weighted by Gasteiger charge is 2.20. The van der Waals surface area contributed by atoms with Crippen molar-refractivity contribution in [3.8, 4) is 0 Å². The minimum absolute atomic E-state index is 0.0691. The van der Waals surface area contributed by atoms with E-state index in [9.17, 15) is 13.2 Å². The monoisotopic (exact) mass is 362 g/mol. The van der Waals surface area contributed by atoms with Gasteiger partial charge in [0.15, 0.2) is 0 Å². The van der Waals surface area contributed by atoms with Crippen LogP contribution in [0.1, 0.15) is 23.3 Å². The van der Waals surface area contributed by atoms with Crippen LogP contribution in [0, 0.1) is 0 Å². The van der Waals surface area contributed by atoms with E-state index in [1.165, 1.54) is 42.9 Å². The number of nitrogens with one attached hydrogen (secondary N) is 2. The molecule has 1 aliphatic heterocycles. The minimum Gasteiger partial charge on any atom is -0.377 e. The Morgan fingerprint density at radius 2 is 2.04 bits per heavy atom. The van der Waals surface area contributed by atoms with Crippen molar-refractivity contribution in [3.05, 3.63) is 48.5 Å². The van der Waals surface area contributed by atoms with Gasteiger partial charge in [0, 0.05) is 31.2 Å². The van der Waals surface area contributed by atoms with E-state index in [2.05, 4.69) is 20.0 Å². The number of rotatable bonds is 6. The zero-order valence-electron chi connectivity index (χ0n) is 13.4. The van der Waals surface area contributed by atoms with Gasteiger partial charge in [-0.15, -0.1) is 0 Å². The SMILES string of the molecule is O=C(Nc1ccc(S(=O)(=O)NC[C@H]2CCCO2)cc1)c1cnccn1. The van der Waals surface area contributed by atoms with Gasteiger partial charge in [-0.25, -0.2) is 18.1 Å². The van der Waals surface area contributed by atoms with Crippen LogP contribution >= 0.6 is 0 Å². The molecule has 0 saturated carbocycles. The predicted molar refractivity (Wildman–Crippen MR) is 90.6 cm³/mol. The number of carbonyl (C=O) groups excluding carboxylic acids is 1. The summed E-state index contributed by atoms with van der Waals surface area (Å²) in [6.45, 7) is 0.931. The van der Waals surface area contributed by atoms with Crippen molar-refractivity contribution < 1.29 is 17.9 Å². The summed E-state index contributed by atoms with van der Waals surface area (Å²) < 4.78 is 32.5. The first-order valence-corrected chi connectivity index (χ1v) is 9.31. The average Bonchev–Trinajstić information content (AvgIpc) is 3.15. The van der Waals surface area contributed by atoms with Crippen LogP contribution in [-0.2, 0) is 14.8 Å². The van der Waals surface area contributed by atoms with Crippen LogP contribution in [0.25, 0.3) is 0 Å². The molecule has 3 rings (SSSR count). The van der Waals surface area contributed by atoms with Crippen molar-refractivity contribution in [1.29, 1.82) is 0 Å². The van der Waals surface area contributed by atoms with E-state index < -0.39 is 15.9 Å². The Labute approximate surface area is 145 Å². The summed E-state index contributed by atoms with van der Waals surface area (Å²) in [5, 5.41) is 2.64. The predicted octanol–water partition coefficient (Wildman–Crippen LogP) is 1.19. The second-order valence-electron chi connectivity index (χ2n) is 5.56. The molecule has 1 fully saturated rings. The molecule has 2 heterocycles. The molecule has 0 radical (unpaired) electrons. The summed E-state index contributed by atoms with van der Waals surface area (Å²) in [5.74, 6) is -0.416. The van der Waals surface area contributed by atoms with Crippen LogP contribution in [-0.4, -0.2) is 43.5 Å². The van der Waals surface area contributed by atoms with Gasteiger partial charge in [0.1, 0.15) is 5.69 Å². The van der Waals surface area contributed by atoms with Gasteiger partial charge in [0.05, 0.1) is 17.2 Å². The number of carbonyl (C=O) groups is 1. The Kier molecular flexibility index (Phi) is 5.37. The quantitative estimate of drug-likeness (QED) is 0.799. The smallest absolute Gasteiger partial charge is 0.275 e. The number of amides is 1. The molecule has 1 aliphatic rings. The highest BCUT2D eigenvalue weighted by atomic mass is 32.2. The summed E-state index contributed by atoms with van der Waals surface area (Å²) in [6, 6.07) is 5.91. The zero-order chi connectivity index (χ0) is 17.7. The normalized spacial score (nSPS) is 17.4. The van der Waals surface area contributed by atoms with Gasteiger partial charge in [-0.3, -0.25) is 9.78 Å². The van der Waals surface area contributed by atoms with Crippen LogP contribution < -0.4 is 10.0 Å². The number of benzene rings is 1. The van der Waals surface area contributed by atoms with Crippen molar-refractivity contribution in [2.24, 2.45) is 0 Å². The van der Waals surface area contributed by atoms with Gasteiger partial charge in [-0.1, -0.05) is 0 Å². The third-order valence-corrected chi connectivity index (χ3v) is 5.18. The van der Waals surface area contributed by atoms with Crippen LogP contribution in [0.2, 0.25) is 0 Å². The lowest BCUT2D eigenvalue weighted by Gasteiger charge is -2.12. The lowest BCUT2D eigenvalue weighted by molar-refractivity contribution is 0.102. The van der Waals surface area contributed by atoms with E-state index in [0.29, 0.717) is 12.3 Å². The van der Waals surface area contributed by atoms with Crippen LogP contribution in [0.5, 0.6) is 0 Å². The summed E-state index contributed by atoms with van der Waals surface area (Å²) in [4.78, 5) is 19.8. The van der Waals surface area contributed by atoms with E-state index >= 15 is 0 Å². The van der Waals surface area contributed by atoms with E-state index in [1.807, 2.05) is 0 Å². The van der Waals surface area contributed by atoms with E-state index in [4.69, 9.17) is 4.74 Å². The number of nitrogens with zero attached hydrogens (tertiary/aromatic N) is 2. The van der Waals surface area contributed by atoms with Crippen LogP contribution in [0.3, 0.4) is 0 Å². The van der Waals surface area contributed by atoms with E-state index in [-0.39, 0.29) is 23.2 Å². The highest BCUT2D eigenvalue weighted by Crippen LogP contribution is 2.16. The minimum atomic E-state index is -3.61. The molecule has 0 spiro atoms. The molecule has 1 amide bonds. The molecule has 0 aliphatic carbocycles. The molecule has 8 nitrogen and oxygen atoms in total. The number of hydrogen-bond acceptors (Lipinski definition) is 6. The molecule has 9 heteroatoms. The molecule has 2 N–H and O–H groups in total. The largest absolute Gasteiger partial charge is 0.377 e. The van der Waals surface area contributed by atoms with Crippen molar-refractivity contribution >= 4 is 21.6 Å². The molecule has 132 valence electrons. The topological polar surface area (TPSA) is 110 Å². The highest BCUT2D eigenvalue weighted by molar-refractivity contribution is 7.89. The summed E-state index contributed by atoms with van der Waals surface area (Å²) in [5.41, 5.74) is 0.645. The Balaban J connectivity index is 1.62. The van der Waals surface area contributed by atoms with Gasteiger partial charge in [0.2, 0.25) is 10.0 Å². The second kappa shape index (κ2) is 7.68. The fraction of sp³-hybridized carbons (Fsp3) is 0.312. The van der Waals surface area contributed by atoms with Crippen molar-refractivity contribution in [3.63, 3.8) is 0 Å². The average molecular weight is 362 g/mol. The third-order valence-electron chi connectivity index (χ3n) is 3.74. The van der Waals surface area contributed by atoms with Gasteiger partial charge in [-0.05, 0) is 37.1 Å². The maximum absolute atomic E-state index is 12.3. The second-order valence-corrected chi connectivity index (χ2v) is 7.32. The molecule has 2 aromatic rings. The Hall–Kier alpha value is -2.36. The first kappa shape index (κ1) is 17.5. The first-order valence-electron chi connectivity index (χ1n) is 7.83. The molecular formula is C16H18N4O4S. The molecular weight excluding hydrogens is 344 g/mol. The number of hydrogen-bond donors (Lipinski definition) is 2. The lowest BCUT2D eigenvalue weighted by Crippen LogP contribution is -2.31. The van der Waals surface area contributed by atoms with E-state index in [0.717, 1.165) is 12.8 Å². The lowest BCUT2D eigenvalue weighted by atomic mass is 10.2. The molecule has 25 heavy (non-hydrogen) atoms. The summed E-state index contributed by atoms with van der Waals surface area (Å²) in [7, 11) is -3.61. The maximum atomic E-state index is 12.3. The zero-order valence-corrected chi connectivity index (χ0v) is 14.2. The third kappa shape index (κ3) is 4.59. The molecule has 1 aromatic heterocycles. The van der Waals surface area contributed by atoms with Crippen LogP contribution in [0.15, 0.2) is 47.8 Å². The molecule has 0 unspecified atom stereocenters. The van der Waals surface area contributed by atoms with Gasteiger partial charge < -0.3 is 10.1 Å². The molecule has 0 bridgehead atoms. The Morgan fingerprint density at radius 3 is 2.68 bits per heavy atom. The standard InChI is InChI=1S/C16H18N4O4S/c21-16(15-11-17-7-8-18-15)20-12-3-5-14(6-4-12)25(22,23)19-10-13-2-1-9-24-13/h3-8,11,13,19H,1-2,9-10H2,(H,20,21)/t13-/m1/s1. The number of anilines is 1. The first-order chi connectivity index (χ1) is 12.0. The van der Waals surface area contributed by atoms with Crippen LogP contribution in [0.4, 0.5) is 5.69 Å². The maximum Gasteiger partial charge on any atom is 0.275 e. The number of ether oxygens (including phenoxy) is 1. The fourth-order valence-electron chi connectivity index (χ4n) is 2.42.